The van der Waals surface area contributed by atoms with Gasteiger partial charge < -0.3 is 4.98 Å². The summed E-state index contributed by atoms with van der Waals surface area (Å²) in [6.07, 6.45) is 4.11. The summed E-state index contributed by atoms with van der Waals surface area (Å²) >= 11 is 1.39. The van der Waals surface area contributed by atoms with Crippen molar-refractivity contribution in [2.75, 3.05) is 0 Å². The fourth-order valence-corrected chi connectivity index (χ4v) is 4.26. The molecular formula is C20H16F2N4S. The van der Waals surface area contributed by atoms with Crippen molar-refractivity contribution >= 4 is 22.7 Å². The summed E-state index contributed by atoms with van der Waals surface area (Å²) in [5, 5.41) is 10.6. The zero-order valence-corrected chi connectivity index (χ0v) is 15.1. The maximum atomic E-state index is 13.9. The summed E-state index contributed by atoms with van der Waals surface area (Å²) in [5.41, 5.74) is 2.39. The average Bonchev–Trinajstić information content (AvgIpc) is 3.29. The van der Waals surface area contributed by atoms with Crippen LogP contribution in [0, 0.1) is 11.6 Å². The van der Waals surface area contributed by atoms with Gasteiger partial charge in [0, 0.05) is 40.0 Å². The van der Waals surface area contributed by atoms with Crippen LogP contribution in [0.25, 0.3) is 22.3 Å². The molecule has 1 fully saturated rings. The normalized spacial score (nSPS) is 14.1. The third-order valence-electron chi connectivity index (χ3n) is 4.80. The molecule has 27 heavy (non-hydrogen) atoms. The first-order chi connectivity index (χ1) is 13.2. The second-order valence-corrected chi connectivity index (χ2v) is 7.60. The summed E-state index contributed by atoms with van der Waals surface area (Å²) in [5.74, 6) is -0.491. The lowest BCUT2D eigenvalue weighted by molar-refractivity contribution is 0.502. The van der Waals surface area contributed by atoms with Crippen LogP contribution in [-0.2, 0) is 5.75 Å². The van der Waals surface area contributed by atoms with Gasteiger partial charge in [0.15, 0.2) is 22.6 Å². The molecule has 2 heterocycles. The molecule has 1 aliphatic rings. The van der Waals surface area contributed by atoms with Gasteiger partial charge in [-0.1, -0.05) is 42.1 Å². The van der Waals surface area contributed by atoms with E-state index in [4.69, 9.17) is 0 Å². The van der Waals surface area contributed by atoms with E-state index in [1.54, 1.807) is 6.07 Å². The van der Waals surface area contributed by atoms with Crippen LogP contribution in [0.3, 0.4) is 0 Å². The molecule has 1 aliphatic carbocycles. The molecule has 0 amide bonds. The highest BCUT2D eigenvalue weighted by Crippen LogP contribution is 2.42. The molecule has 0 radical (unpaired) electrons. The lowest BCUT2D eigenvalue weighted by atomic mass is 10.1. The molecule has 1 saturated carbocycles. The van der Waals surface area contributed by atoms with Crippen LogP contribution in [0.15, 0.2) is 53.8 Å². The standard InChI is InChI=1S/C20H16F2N4S/c21-16-6-3-4-12(18(16)22)11-27-20-25-24-19(26(20)13-8-9-13)15-10-23-17-7-2-1-5-14(15)17/h1-7,10,13,23H,8-9,11H2. The molecule has 4 aromatic rings. The van der Waals surface area contributed by atoms with Crippen LogP contribution < -0.4 is 0 Å². The van der Waals surface area contributed by atoms with Crippen LogP contribution in [0.2, 0.25) is 0 Å². The Balaban J connectivity index is 1.50. The molecule has 7 heteroatoms. The van der Waals surface area contributed by atoms with Crippen LogP contribution >= 0.6 is 11.8 Å². The van der Waals surface area contributed by atoms with Crippen LogP contribution in [0.5, 0.6) is 0 Å². The predicted molar refractivity (Wildman–Crippen MR) is 102 cm³/mol. The quantitative estimate of drug-likeness (QED) is 0.475. The molecule has 0 aliphatic heterocycles. The van der Waals surface area contributed by atoms with Gasteiger partial charge in [-0.25, -0.2) is 8.78 Å². The third-order valence-corrected chi connectivity index (χ3v) is 5.79. The summed E-state index contributed by atoms with van der Waals surface area (Å²) in [6.45, 7) is 0. The van der Waals surface area contributed by atoms with Gasteiger partial charge >= 0.3 is 0 Å². The summed E-state index contributed by atoms with van der Waals surface area (Å²) in [6, 6.07) is 12.7. The molecule has 136 valence electrons. The molecule has 2 aromatic heterocycles. The lowest BCUT2D eigenvalue weighted by Crippen LogP contribution is -2.00. The Bertz CT molecular complexity index is 1130. The van der Waals surface area contributed by atoms with E-state index >= 15 is 0 Å². The Morgan fingerprint density at radius 3 is 2.78 bits per heavy atom. The van der Waals surface area contributed by atoms with Crippen LogP contribution in [0.1, 0.15) is 24.4 Å². The number of para-hydroxylation sites is 1. The van der Waals surface area contributed by atoms with E-state index in [0.717, 1.165) is 46.4 Å². The summed E-state index contributed by atoms with van der Waals surface area (Å²) in [4.78, 5) is 3.27. The number of aromatic nitrogens is 4. The van der Waals surface area contributed by atoms with Crippen molar-refractivity contribution in [2.45, 2.75) is 29.8 Å². The van der Waals surface area contributed by atoms with Crippen molar-refractivity contribution in [3.63, 3.8) is 0 Å². The van der Waals surface area contributed by atoms with Gasteiger partial charge in [0.1, 0.15) is 0 Å². The second-order valence-electron chi connectivity index (χ2n) is 6.66. The van der Waals surface area contributed by atoms with Crippen LogP contribution in [-0.4, -0.2) is 19.7 Å². The van der Waals surface area contributed by atoms with Crippen molar-refractivity contribution in [2.24, 2.45) is 0 Å². The van der Waals surface area contributed by atoms with Gasteiger partial charge in [0.2, 0.25) is 0 Å². The van der Waals surface area contributed by atoms with E-state index in [0.29, 0.717) is 17.4 Å². The molecular weight excluding hydrogens is 366 g/mol. The fourth-order valence-electron chi connectivity index (χ4n) is 3.28. The zero-order chi connectivity index (χ0) is 18.4. The number of nitrogens with one attached hydrogen (secondary N) is 1. The highest BCUT2D eigenvalue weighted by atomic mass is 32.2. The van der Waals surface area contributed by atoms with Gasteiger partial charge in [-0.3, -0.25) is 4.57 Å². The largest absolute Gasteiger partial charge is 0.360 e. The van der Waals surface area contributed by atoms with E-state index in [1.807, 2.05) is 24.4 Å². The molecule has 0 saturated heterocycles. The Kier molecular flexibility index (Phi) is 3.97. The van der Waals surface area contributed by atoms with E-state index in [-0.39, 0.29) is 0 Å². The van der Waals surface area contributed by atoms with E-state index in [9.17, 15) is 8.78 Å². The SMILES string of the molecule is Fc1cccc(CSc2nnc(-c3c[nH]c4ccccc34)n2C2CC2)c1F. The number of aromatic amines is 1. The van der Waals surface area contributed by atoms with Gasteiger partial charge in [0.25, 0.3) is 0 Å². The van der Waals surface area contributed by atoms with E-state index < -0.39 is 11.6 Å². The van der Waals surface area contributed by atoms with Crippen molar-refractivity contribution < 1.29 is 8.78 Å². The first-order valence-electron chi connectivity index (χ1n) is 8.79. The average molecular weight is 382 g/mol. The summed E-state index contributed by atoms with van der Waals surface area (Å²) < 4.78 is 29.5. The van der Waals surface area contributed by atoms with Gasteiger partial charge in [-0.05, 0) is 25.0 Å². The number of hydrogen-bond donors (Lipinski definition) is 1. The highest BCUT2D eigenvalue weighted by Gasteiger charge is 2.31. The van der Waals surface area contributed by atoms with Crippen molar-refractivity contribution in [1.82, 2.24) is 19.7 Å². The third kappa shape index (κ3) is 2.92. The van der Waals surface area contributed by atoms with Crippen molar-refractivity contribution in [3.05, 3.63) is 65.9 Å². The number of H-pyrrole nitrogens is 1. The Labute approximate surface area is 158 Å². The number of hydrogen-bond acceptors (Lipinski definition) is 3. The number of thioether (sulfide) groups is 1. The first kappa shape index (κ1) is 16.5. The molecule has 0 bridgehead atoms. The number of rotatable bonds is 5. The molecule has 0 atom stereocenters. The minimum atomic E-state index is -0.823. The smallest absolute Gasteiger partial charge is 0.192 e. The fraction of sp³-hybridized carbons (Fsp3) is 0.200. The van der Waals surface area contributed by atoms with Crippen LogP contribution in [0.4, 0.5) is 8.78 Å². The number of fused-ring (bicyclic) bond motifs is 1. The molecule has 5 rings (SSSR count). The number of benzene rings is 2. The van der Waals surface area contributed by atoms with Crippen molar-refractivity contribution in [3.8, 4) is 11.4 Å². The zero-order valence-electron chi connectivity index (χ0n) is 14.3. The van der Waals surface area contributed by atoms with E-state index in [2.05, 4.69) is 25.8 Å². The molecule has 2 aromatic carbocycles. The monoisotopic (exact) mass is 382 g/mol. The second kappa shape index (κ2) is 6.49. The van der Waals surface area contributed by atoms with Crippen molar-refractivity contribution in [1.29, 1.82) is 0 Å². The van der Waals surface area contributed by atoms with Gasteiger partial charge in [-0.2, -0.15) is 0 Å². The molecule has 0 unspecified atom stereocenters. The molecule has 4 nitrogen and oxygen atoms in total. The lowest BCUT2D eigenvalue weighted by Gasteiger charge is -2.09. The minimum absolute atomic E-state index is 0.308. The van der Waals surface area contributed by atoms with Gasteiger partial charge in [-0.15, -0.1) is 10.2 Å². The first-order valence-corrected chi connectivity index (χ1v) is 9.78. The van der Waals surface area contributed by atoms with Gasteiger partial charge in [0.05, 0.1) is 0 Å². The Morgan fingerprint density at radius 1 is 1.07 bits per heavy atom. The maximum Gasteiger partial charge on any atom is 0.192 e. The minimum Gasteiger partial charge on any atom is -0.360 e. The summed E-state index contributed by atoms with van der Waals surface area (Å²) in [7, 11) is 0. The Hall–Kier alpha value is -2.67. The Morgan fingerprint density at radius 2 is 1.93 bits per heavy atom. The predicted octanol–water partition coefficient (Wildman–Crippen LogP) is 5.33. The highest BCUT2D eigenvalue weighted by molar-refractivity contribution is 7.98. The molecule has 0 spiro atoms. The number of halogens is 2. The maximum absolute atomic E-state index is 13.9. The number of nitrogens with zero attached hydrogens (tertiary/aromatic N) is 3. The van der Waals surface area contributed by atoms with E-state index in [1.165, 1.54) is 17.8 Å². The topological polar surface area (TPSA) is 46.5 Å². The molecule has 1 N–H and O–H groups in total.